The Morgan fingerprint density at radius 2 is 1.77 bits per heavy atom. The summed E-state index contributed by atoms with van der Waals surface area (Å²) in [5.41, 5.74) is 4.23. The number of carbonyl (C=O) groups is 2. The van der Waals surface area contributed by atoms with Crippen molar-refractivity contribution in [2.45, 2.75) is 51.9 Å². The molecule has 0 aromatic heterocycles. The lowest BCUT2D eigenvalue weighted by Crippen LogP contribution is -2.34. The zero-order valence-electron chi connectivity index (χ0n) is 17.7. The molecule has 30 heavy (non-hydrogen) atoms. The molecule has 0 unspecified atom stereocenters. The molecule has 0 atom stereocenters. The number of hydrogen-bond donors (Lipinski definition) is 2. The van der Waals surface area contributed by atoms with Crippen LogP contribution in [0.1, 0.15) is 43.4 Å². The number of amides is 2. The number of benzene rings is 2. The number of nitrogens with zero attached hydrogens (tertiary/aromatic N) is 1. The van der Waals surface area contributed by atoms with Crippen molar-refractivity contribution < 1.29 is 18.0 Å². The summed E-state index contributed by atoms with van der Waals surface area (Å²) in [5, 5.41) is 2.74. The van der Waals surface area contributed by atoms with Crippen LogP contribution >= 0.6 is 0 Å². The van der Waals surface area contributed by atoms with Crippen molar-refractivity contribution in [2.24, 2.45) is 0 Å². The van der Waals surface area contributed by atoms with E-state index in [0.29, 0.717) is 35.5 Å². The minimum Gasteiger partial charge on any atom is -0.326 e. The largest absolute Gasteiger partial charge is 0.326 e. The number of hydrogen-bond acceptors (Lipinski definition) is 4. The third-order valence-electron chi connectivity index (χ3n) is 5.17. The molecule has 1 heterocycles. The standard InChI is InChI=1S/C22H27N3O4S/c1-5-21(27)25-10-6-7-17-13-18(8-9-20(17)25)24-30(28,29)19-11-14(2)22(15(3)12-19)23-16(4)26/h8-9,11-13,24H,5-7,10H2,1-4H3,(H,23,26). The van der Waals surface area contributed by atoms with Crippen molar-refractivity contribution in [3.05, 3.63) is 47.0 Å². The molecule has 1 aliphatic rings. The topological polar surface area (TPSA) is 95.6 Å². The van der Waals surface area contributed by atoms with E-state index in [-0.39, 0.29) is 16.7 Å². The van der Waals surface area contributed by atoms with Gasteiger partial charge in [-0.1, -0.05) is 6.92 Å². The van der Waals surface area contributed by atoms with Gasteiger partial charge in [0.2, 0.25) is 11.8 Å². The van der Waals surface area contributed by atoms with Gasteiger partial charge in [0.1, 0.15) is 0 Å². The first kappa shape index (κ1) is 21.8. The number of sulfonamides is 1. The second-order valence-corrected chi connectivity index (χ2v) is 9.25. The van der Waals surface area contributed by atoms with E-state index in [9.17, 15) is 18.0 Å². The van der Waals surface area contributed by atoms with Crippen LogP contribution in [0.3, 0.4) is 0 Å². The molecule has 2 aromatic rings. The van der Waals surface area contributed by atoms with E-state index in [4.69, 9.17) is 0 Å². The highest BCUT2D eigenvalue weighted by Gasteiger charge is 2.23. The summed E-state index contributed by atoms with van der Waals surface area (Å²) < 4.78 is 28.6. The summed E-state index contributed by atoms with van der Waals surface area (Å²) in [5.74, 6) is -0.144. The number of anilines is 3. The Bertz CT molecular complexity index is 1090. The molecule has 0 saturated heterocycles. The molecule has 2 N–H and O–H groups in total. The normalized spacial score (nSPS) is 13.5. The Hall–Kier alpha value is -2.87. The molecule has 160 valence electrons. The molecular weight excluding hydrogens is 402 g/mol. The van der Waals surface area contributed by atoms with Crippen LogP contribution in [0, 0.1) is 13.8 Å². The first-order valence-corrected chi connectivity index (χ1v) is 11.5. The fourth-order valence-electron chi connectivity index (χ4n) is 3.78. The van der Waals surface area contributed by atoms with Gasteiger partial charge in [-0.2, -0.15) is 0 Å². The average molecular weight is 430 g/mol. The van der Waals surface area contributed by atoms with E-state index in [1.807, 2.05) is 6.92 Å². The van der Waals surface area contributed by atoms with E-state index in [2.05, 4.69) is 10.0 Å². The van der Waals surface area contributed by atoms with Crippen molar-refractivity contribution in [2.75, 3.05) is 21.5 Å². The highest BCUT2D eigenvalue weighted by atomic mass is 32.2. The van der Waals surface area contributed by atoms with Gasteiger partial charge in [-0.25, -0.2) is 8.42 Å². The number of carbonyl (C=O) groups excluding carboxylic acids is 2. The van der Waals surface area contributed by atoms with Crippen molar-refractivity contribution >= 4 is 38.9 Å². The molecule has 0 radical (unpaired) electrons. The van der Waals surface area contributed by atoms with Gasteiger partial charge in [-0.05, 0) is 73.7 Å². The van der Waals surface area contributed by atoms with Gasteiger partial charge in [-0.15, -0.1) is 0 Å². The number of nitrogens with one attached hydrogen (secondary N) is 2. The summed E-state index contributed by atoms with van der Waals surface area (Å²) in [7, 11) is -3.81. The number of fused-ring (bicyclic) bond motifs is 1. The molecule has 2 aromatic carbocycles. The van der Waals surface area contributed by atoms with Crippen LogP contribution in [-0.4, -0.2) is 26.8 Å². The number of aryl methyl sites for hydroxylation is 3. The third kappa shape index (κ3) is 4.48. The Balaban J connectivity index is 1.89. The van der Waals surface area contributed by atoms with Crippen LogP contribution in [0.2, 0.25) is 0 Å². The van der Waals surface area contributed by atoms with Gasteiger partial charge in [0.25, 0.3) is 10.0 Å². The maximum absolute atomic E-state index is 13.0. The molecule has 7 nitrogen and oxygen atoms in total. The lowest BCUT2D eigenvalue weighted by Gasteiger charge is -2.29. The molecule has 8 heteroatoms. The predicted octanol–water partition coefficient (Wildman–Crippen LogP) is 3.75. The minimum absolute atomic E-state index is 0.0643. The van der Waals surface area contributed by atoms with Gasteiger partial charge >= 0.3 is 0 Å². The molecule has 0 spiro atoms. The fraction of sp³-hybridized carbons (Fsp3) is 0.364. The lowest BCUT2D eigenvalue weighted by molar-refractivity contribution is -0.118. The molecule has 0 aliphatic carbocycles. The van der Waals surface area contributed by atoms with E-state index in [1.165, 1.54) is 6.92 Å². The van der Waals surface area contributed by atoms with Crippen LogP contribution in [0.25, 0.3) is 0 Å². The molecule has 2 amide bonds. The smallest absolute Gasteiger partial charge is 0.261 e. The molecule has 0 bridgehead atoms. The van der Waals surface area contributed by atoms with E-state index in [0.717, 1.165) is 24.1 Å². The average Bonchev–Trinajstić information content (AvgIpc) is 2.68. The van der Waals surface area contributed by atoms with Gasteiger partial charge in [0.15, 0.2) is 0 Å². The Labute approximate surface area is 177 Å². The Morgan fingerprint density at radius 3 is 2.37 bits per heavy atom. The zero-order chi connectivity index (χ0) is 22.1. The fourth-order valence-corrected chi connectivity index (χ4v) is 5.00. The molecular formula is C22H27N3O4S. The second-order valence-electron chi connectivity index (χ2n) is 7.56. The van der Waals surface area contributed by atoms with Crippen molar-refractivity contribution in [3.8, 4) is 0 Å². The highest BCUT2D eigenvalue weighted by Crippen LogP contribution is 2.31. The van der Waals surface area contributed by atoms with Crippen LogP contribution < -0.4 is 14.9 Å². The summed E-state index contributed by atoms with van der Waals surface area (Å²) in [6, 6.07) is 8.37. The molecule has 1 aliphatic heterocycles. The summed E-state index contributed by atoms with van der Waals surface area (Å²) in [6.45, 7) is 7.45. The zero-order valence-corrected chi connectivity index (χ0v) is 18.5. The van der Waals surface area contributed by atoms with Gasteiger partial charge in [0, 0.05) is 37.0 Å². The van der Waals surface area contributed by atoms with Crippen LogP contribution in [0.4, 0.5) is 17.1 Å². The first-order chi connectivity index (χ1) is 14.1. The van der Waals surface area contributed by atoms with E-state index >= 15 is 0 Å². The van der Waals surface area contributed by atoms with Gasteiger partial charge < -0.3 is 10.2 Å². The van der Waals surface area contributed by atoms with Crippen LogP contribution in [-0.2, 0) is 26.0 Å². The van der Waals surface area contributed by atoms with Gasteiger partial charge in [0.05, 0.1) is 4.90 Å². The van der Waals surface area contributed by atoms with Crippen LogP contribution in [0.5, 0.6) is 0 Å². The molecule has 0 fully saturated rings. The summed E-state index contributed by atoms with van der Waals surface area (Å²) >= 11 is 0. The van der Waals surface area contributed by atoms with Gasteiger partial charge in [-0.3, -0.25) is 14.3 Å². The molecule has 3 rings (SSSR count). The predicted molar refractivity (Wildman–Crippen MR) is 118 cm³/mol. The quantitative estimate of drug-likeness (QED) is 0.757. The second kappa shape index (κ2) is 8.47. The maximum Gasteiger partial charge on any atom is 0.261 e. The third-order valence-corrected chi connectivity index (χ3v) is 6.53. The number of rotatable bonds is 5. The Kier molecular flexibility index (Phi) is 6.17. The summed E-state index contributed by atoms with van der Waals surface area (Å²) in [4.78, 5) is 25.5. The minimum atomic E-state index is -3.81. The van der Waals surface area contributed by atoms with Crippen molar-refractivity contribution in [1.82, 2.24) is 0 Å². The van der Waals surface area contributed by atoms with E-state index < -0.39 is 10.0 Å². The highest BCUT2D eigenvalue weighted by molar-refractivity contribution is 7.92. The van der Waals surface area contributed by atoms with Crippen LogP contribution in [0.15, 0.2) is 35.2 Å². The maximum atomic E-state index is 13.0. The Morgan fingerprint density at radius 1 is 1.10 bits per heavy atom. The lowest BCUT2D eigenvalue weighted by atomic mass is 10.0. The SMILES string of the molecule is CCC(=O)N1CCCc2cc(NS(=O)(=O)c3cc(C)c(NC(C)=O)c(C)c3)ccc21. The first-order valence-electron chi connectivity index (χ1n) is 9.97. The van der Waals surface area contributed by atoms with Crippen molar-refractivity contribution in [3.63, 3.8) is 0 Å². The monoisotopic (exact) mass is 429 g/mol. The summed E-state index contributed by atoms with van der Waals surface area (Å²) in [6.07, 6.45) is 2.07. The van der Waals surface area contributed by atoms with Crippen molar-refractivity contribution in [1.29, 1.82) is 0 Å². The van der Waals surface area contributed by atoms with E-state index in [1.54, 1.807) is 49.1 Å². The molecule has 0 saturated carbocycles.